The van der Waals surface area contributed by atoms with Gasteiger partial charge in [-0.25, -0.2) is 8.42 Å². The van der Waals surface area contributed by atoms with Crippen LogP contribution in [0.15, 0.2) is 52.7 Å². The maximum Gasteiger partial charge on any atom is 0.238 e. The Kier molecular flexibility index (Phi) is 4.57. The number of rotatable bonds is 5. The molecule has 2 aromatic rings. The lowest BCUT2D eigenvalue weighted by Gasteiger charge is -2.16. The number of sulfone groups is 1. The van der Waals surface area contributed by atoms with Crippen molar-refractivity contribution < 1.29 is 13.2 Å². The largest absolute Gasteiger partial charge is 0.340 e. The minimum absolute atomic E-state index is 0.179. The molecule has 1 heterocycles. The van der Waals surface area contributed by atoms with Gasteiger partial charge in [0.1, 0.15) is 5.75 Å². The number of amides is 1. The second-order valence-corrected chi connectivity index (χ2v) is 7.42. The van der Waals surface area contributed by atoms with E-state index in [0.717, 1.165) is 4.88 Å². The lowest BCUT2D eigenvalue weighted by atomic mass is 10.4. The predicted molar refractivity (Wildman–Crippen MR) is 79.3 cm³/mol. The van der Waals surface area contributed by atoms with Crippen LogP contribution in [0.5, 0.6) is 0 Å². The summed E-state index contributed by atoms with van der Waals surface area (Å²) in [6.45, 7) is 0.431. The molecule has 0 unspecified atom stereocenters. The van der Waals surface area contributed by atoms with E-state index in [0.29, 0.717) is 6.54 Å². The van der Waals surface area contributed by atoms with E-state index < -0.39 is 21.5 Å². The molecular formula is C14H15NO3S2. The van der Waals surface area contributed by atoms with Gasteiger partial charge in [-0.1, -0.05) is 24.3 Å². The fourth-order valence-electron chi connectivity index (χ4n) is 1.71. The maximum atomic E-state index is 12.1. The zero-order valence-corrected chi connectivity index (χ0v) is 12.7. The molecule has 0 bridgehead atoms. The monoisotopic (exact) mass is 309 g/mol. The summed E-state index contributed by atoms with van der Waals surface area (Å²) in [5.74, 6) is -0.902. The molecule has 2 rings (SSSR count). The summed E-state index contributed by atoms with van der Waals surface area (Å²) in [7, 11) is -1.96. The molecule has 1 aromatic heterocycles. The molecular weight excluding hydrogens is 294 g/mol. The first-order chi connectivity index (χ1) is 9.49. The van der Waals surface area contributed by atoms with Crippen molar-refractivity contribution in [2.45, 2.75) is 11.4 Å². The Morgan fingerprint density at radius 1 is 1.15 bits per heavy atom. The van der Waals surface area contributed by atoms with Crippen molar-refractivity contribution in [3.8, 4) is 0 Å². The highest BCUT2D eigenvalue weighted by atomic mass is 32.2. The highest BCUT2D eigenvalue weighted by Gasteiger charge is 2.21. The predicted octanol–water partition coefficient (Wildman–Crippen LogP) is 2.18. The SMILES string of the molecule is CN(Cc1cccs1)C(=O)CS(=O)(=O)c1ccccc1. The van der Waals surface area contributed by atoms with Crippen molar-refractivity contribution in [1.82, 2.24) is 4.90 Å². The number of thiophene rings is 1. The van der Waals surface area contributed by atoms with Gasteiger partial charge in [0.05, 0.1) is 11.4 Å². The minimum Gasteiger partial charge on any atom is -0.340 e. The Bertz CT molecular complexity index is 664. The molecule has 1 aromatic carbocycles. The summed E-state index contributed by atoms with van der Waals surface area (Å²) in [6.07, 6.45) is 0. The van der Waals surface area contributed by atoms with Crippen molar-refractivity contribution >= 4 is 27.1 Å². The summed E-state index contributed by atoms with van der Waals surface area (Å²) in [4.78, 5) is 14.7. The fraction of sp³-hybridized carbons (Fsp3) is 0.214. The Labute approximate surface area is 122 Å². The zero-order valence-electron chi connectivity index (χ0n) is 11.0. The molecule has 6 heteroatoms. The van der Waals surface area contributed by atoms with Crippen molar-refractivity contribution in [2.75, 3.05) is 12.8 Å². The standard InChI is InChI=1S/C14H15NO3S2/c1-15(10-12-6-5-9-19-12)14(16)11-20(17,18)13-7-3-2-4-8-13/h2-9H,10-11H2,1H3. The average molecular weight is 309 g/mol. The van der Waals surface area contributed by atoms with E-state index in [1.165, 1.54) is 28.4 Å². The molecule has 0 saturated carbocycles. The van der Waals surface area contributed by atoms with Crippen molar-refractivity contribution in [2.24, 2.45) is 0 Å². The van der Waals surface area contributed by atoms with Crippen LogP contribution in [-0.2, 0) is 21.2 Å². The van der Waals surface area contributed by atoms with Crippen LogP contribution < -0.4 is 0 Å². The topological polar surface area (TPSA) is 54.5 Å². The molecule has 4 nitrogen and oxygen atoms in total. The van der Waals surface area contributed by atoms with Crippen LogP contribution in [0.25, 0.3) is 0 Å². The highest BCUT2D eigenvalue weighted by molar-refractivity contribution is 7.92. The first-order valence-electron chi connectivity index (χ1n) is 6.03. The number of nitrogens with zero attached hydrogens (tertiary/aromatic N) is 1. The van der Waals surface area contributed by atoms with Gasteiger partial charge < -0.3 is 4.90 Å². The highest BCUT2D eigenvalue weighted by Crippen LogP contribution is 2.13. The lowest BCUT2D eigenvalue weighted by Crippen LogP contribution is -2.31. The molecule has 106 valence electrons. The molecule has 0 saturated heterocycles. The first kappa shape index (κ1) is 14.7. The molecule has 0 N–H and O–H groups in total. The second-order valence-electron chi connectivity index (χ2n) is 4.40. The van der Waals surface area contributed by atoms with Gasteiger partial charge in [-0.15, -0.1) is 11.3 Å². The molecule has 0 aliphatic heterocycles. The minimum atomic E-state index is -3.57. The summed E-state index contributed by atoms with van der Waals surface area (Å²) >= 11 is 1.54. The van der Waals surface area contributed by atoms with Gasteiger partial charge in [-0.3, -0.25) is 4.79 Å². The smallest absolute Gasteiger partial charge is 0.238 e. The van der Waals surface area contributed by atoms with Gasteiger partial charge in [0.2, 0.25) is 5.91 Å². The zero-order chi connectivity index (χ0) is 14.6. The second kappa shape index (κ2) is 6.19. The summed E-state index contributed by atoms with van der Waals surface area (Å²) < 4.78 is 24.2. The van der Waals surface area contributed by atoms with Crippen LogP contribution in [0.3, 0.4) is 0 Å². The first-order valence-corrected chi connectivity index (χ1v) is 8.56. The van der Waals surface area contributed by atoms with Crippen LogP contribution in [0.2, 0.25) is 0 Å². The Balaban J connectivity index is 2.04. The molecule has 20 heavy (non-hydrogen) atoms. The van der Waals surface area contributed by atoms with Crippen LogP contribution in [-0.4, -0.2) is 32.0 Å². The summed E-state index contributed by atoms with van der Waals surface area (Å²) in [6, 6.07) is 11.9. The third-order valence-corrected chi connectivity index (χ3v) is 5.29. The fourth-order valence-corrected chi connectivity index (χ4v) is 3.75. The van der Waals surface area contributed by atoms with E-state index in [9.17, 15) is 13.2 Å². The van der Waals surface area contributed by atoms with Gasteiger partial charge in [-0.05, 0) is 23.6 Å². The van der Waals surface area contributed by atoms with Crippen molar-refractivity contribution in [3.63, 3.8) is 0 Å². The molecule has 0 atom stereocenters. The summed E-state index contributed by atoms with van der Waals surface area (Å²) in [5, 5.41) is 1.92. The van der Waals surface area contributed by atoms with Crippen molar-refractivity contribution in [3.05, 3.63) is 52.7 Å². The lowest BCUT2D eigenvalue weighted by molar-refractivity contribution is -0.127. The molecule has 0 aliphatic rings. The molecule has 1 amide bonds. The third-order valence-electron chi connectivity index (χ3n) is 2.81. The number of carbonyl (C=O) groups excluding carboxylic acids is 1. The number of carbonyl (C=O) groups is 1. The summed E-state index contributed by atoms with van der Waals surface area (Å²) in [5.41, 5.74) is 0. The maximum absolute atomic E-state index is 12.1. The molecule has 0 aliphatic carbocycles. The van der Waals surface area contributed by atoms with E-state index in [4.69, 9.17) is 0 Å². The molecule has 0 radical (unpaired) electrons. The van der Waals surface area contributed by atoms with Gasteiger partial charge in [0, 0.05) is 11.9 Å². The Hall–Kier alpha value is -1.66. The van der Waals surface area contributed by atoms with E-state index in [1.54, 1.807) is 25.2 Å². The Morgan fingerprint density at radius 2 is 1.85 bits per heavy atom. The van der Waals surface area contributed by atoms with Gasteiger partial charge in [0.15, 0.2) is 9.84 Å². The number of hydrogen-bond donors (Lipinski definition) is 0. The third kappa shape index (κ3) is 3.68. The van der Waals surface area contributed by atoms with E-state index in [-0.39, 0.29) is 4.90 Å². The Morgan fingerprint density at radius 3 is 2.45 bits per heavy atom. The van der Waals surface area contributed by atoms with Crippen LogP contribution in [0, 0.1) is 0 Å². The normalized spacial score (nSPS) is 11.2. The van der Waals surface area contributed by atoms with Gasteiger partial charge in [-0.2, -0.15) is 0 Å². The van der Waals surface area contributed by atoms with E-state index in [1.807, 2.05) is 17.5 Å². The number of benzene rings is 1. The van der Waals surface area contributed by atoms with Crippen LogP contribution in [0.4, 0.5) is 0 Å². The van der Waals surface area contributed by atoms with Gasteiger partial charge in [0.25, 0.3) is 0 Å². The molecule has 0 spiro atoms. The van der Waals surface area contributed by atoms with Gasteiger partial charge >= 0.3 is 0 Å². The average Bonchev–Trinajstić information content (AvgIpc) is 2.92. The van der Waals surface area contributed by atoms with Crippen molar-refractivity contribution in [1.29, 1.82) is 0 Å². The van der Waals surface area contributed by atoms with E-state index in [2.05, 4.69) is 0 Å². The van der Waals surface area contributed by atoms with Crippen LogP contribution in [0.1, 0.15) is 4.88 Å². The number of hydrogen-bond acceptors (Lipinski definition) is 4. The molecule has 0 fully saturated rings. The van der Waals surface area contributed by atoms with E-state index >= 15 is 0 Å². The van der Waals surface area contributed by atoms with Crippen LogP contribution >= 0.6 is 11.3 Å². The quantitative estimate of drug-likeness (QED) is 0.850.